The molecule has 0 saturated carbocycles. The van der Waals surface area contributed by atoms with Crippen molar-refractivity contribution >= 4 is 5.97 Å². The van der Waals surface area contributed by atoms with Crippen LogP contribution < -0.4 is 5.32 Å². The Morgan fingerprint density at radius 2 is 1.94 bits per heavy atom. The second-order valence-corrected chi connectivity index (χ2v) is 6.21. The molecule has 0 aromatic carbocycles. The maximum atomic E-state index is 10.9. The quantitative estimate of drug-likeness (QED) is 0.776. The van der Waals surface area contributed by atoms with E-state index in [9.17, 15) is 4.79 Å². The van der Waals surface area contributed by atoms with E-state index in [-0.39, 0.29) is 5.41 Å². The van der Waals surface area contributed by atoms with E-state index in [1.165, 1.54) is 0 Å². The molecule has 3 heteroatoms. The number of aliphatic carboxylic acids is 1. The molecule has 16 heavy (non-hydrogen) atoms. The molecule has 1 aliphatic heterocycles. The number of hydrogen-bond acceptors (Lipinski definition) is 2. The molecule has 1 aliphatic rings. The zero-order valence-electron chi connectivity index (χ0n) is 10.8. The molecule has 1 heterocycles. The topological polar surface area (TPSA) is 49.3 Å². The van der Waals surface area contributed by atoms with Crippen LogP contribution in [-0.4, -0.2) is 24.2 Å². The standard InChI is InChI=1S/C13H25NO2/c1-13(2,3)9-11(8-12(15)16)10-4-6-14-7-5-10/h10-11,14H,4-9H2,1-3H3,(H,15,16)/t11-/m0/s1. The lowest BCUT2D eigenvalue weighted by Gasteiger charge is -2.34. The van der Waals surface area contributed by atoms with Crippen LogP contribution in [0.3, 0.4) is 0 Å². The van der Waals surface area contributed by atoms with Gasteiger partial charge in [0.1, 0.15) is 0 Å². The van der Waals surface area contributed by atoms with Crippen LogP contribution in [-0.2, 0) is 4.79 Å². The second-order valence-electron chi connectivity index (χ2n) is 6.21. The van der Waals surface area contributed by atoms with Gasteiger partial charge in [-0.3, -0.25) is 4.79 Å². The van der Waals surface area contributed by atoms with Gasteiger partial charge in [0, 0.05) is 6.42 Å². The van der Waals surface area contributed by atoms with Gasteiger partial charge in [-0.1, -0.05) is 20.8 Å². The molecule has 0 aromatic rings. The van der Waals surface area contributed by atoms with E-state index < -0.39 is 5.97 Å². The lowest BCUT2D eigenvalue weighted by molar-refractivity contribution is -0.139. The van der Waals surface area contributed by atoms with E-state index in [1.54, 1.807) is 0 Å². The van der Waals surface area contributed by atoms with Gasteiger partial charge in [0.2, 0.25) is 0 Å². The van der Waals surface area contributed by atoms with E-state index in [4.69, 9.17) is 5.11 Å². The smallest absolute Gasteiger partial charge is 0.303 e. The number of carboxylic acids is 1. The van der Waals surface area contributed by atoms with E-state index in [1.807, 2.05) is 0 Å². The van der Waals surface area contributed by atoms with Crippen LogP contribution in [0.5, 0.6) is 0 Å². The molecule has 0 bridgehead atoms. The first-order valence-corrected chi connectivity index (χ1v) is 6.31. The van der Waals surface area contributed by atoms with Crippen LogP contribution in [0.1, 0.15) is 46.5 Å². The molecule has 1 rings (SSSR count). The van der Waals surface area contributed by atoms with Crippen LogP contribution in [0.25, 0.3) is 0 Å². The van der Waals surface area contributed by atoms with Gasteiger partial charge in [0.25, 0.3) is 0 Å². The van der Waals surface area contributed by atoms with Gasteiger partial charge in [0.15, 0.2) is 0 Å². The van der Waals surface area contributed by atoms with Gasteiger partial charge in [-0.25, -0.2) is 0 Å². The van der Waals surface area contributed by atoms with Crippen LogP contribution >= 0.6 is 0 Å². The van der Waals surface area contributed by atoms with Crippen LogP contribution in [0, 0.1) is 17.3 Å². The minimum absolute atomic E-state index is 0.227. The predicted molar refractivity (Wildman–Crippen MR) is 65.4 cm³/mol. The molecule has 3 nitrogen and oxygen atoms in total. The number of piperidine rings is 1. The molecule has 2 N–H and O–H groups in total. The lowest BCUT2D eigenvalue weighted by Crippen LogP contribution is -2.34. The number of carboxylic acid groups (broad SMARTS) is 1. The Kier molecular flexibility index (Phi) is 4.78. The fourth-order valence-electron chi connectivity index (χ4n) is 2.73. The van der Waals surface area contributed by atoms with Crippen LogP contribution in [0.15, 0.2) is 0 Å². The number of nitrogens with one attached hydrogen (secondary N) is 1. The first-order valence-electron chi connectivity index (χ1n) is 6.31. The summed E-state index contributed by atoms with van der Waals surface area (Å²) in [6.45, 7) is 8.69. The van der Waals surface area contributed by atoms with E-state index in [0.717, 1.165) is 32.4 Å². The van der Waals surface area contributed by atoms with Crippen molar-refractivity contribution in [1.29, 1.82) is 0 Å². The Balaban J connectivity index is 2.58. The molecular weight excluding hydrogens is 202 g/mol. The van der Waals surface area contributed by atoms with Crippen molar-refractivity contribution in [2.24, 2.45) is 17.3 Å². The third kappa shape index (κ3) is 4.97. The molecule has 0 unspecified atom stereocenters. The number of rotatable bonds is 4. The molecule has 94 valence electrons. The number of carbonyl (C=O) groups is 1. The highest BCUT2D eigenvalue weighted by Gasteiger charge is 2.29. The normalized spacial score (nSPS) is 20.7. The van der Waals surface area contributed by atoms with Crippen molar-refractivity contribution in [1.82, 2.24) is 5.32 Å². The Hall–Kier alpha value is -0.570. The maximum Gasteiger partial charge on any atom is 0.303 e. The van der Waals surface area contributed by atoms with Gasteiger partial charge < -0.3 is 10.4 Å². The summed E-state index contributed by atoms with van der Waals surface area (Å²) in [5.74, 6) is 0.295. The summed E-state index contributed by atoms with van der Waals surface area (Å²) in [6, 6.07) is 0. The van der Waals surface area contributed by atoms with Crippen molar-refractivity contribution in [2.45, 2.75) is 46.5 Å². The highest BCUT2D eigenvalue weighted by Crippen LogP contribution is 2.34. The Labute approximate surface area is 98.6 Å². The van der Waals surface area contributed by atoms with Crippen molar-refractivity contribution in [2.75, 3.05) is 13.1 Å². The van der Waals surface area contributed by atoms with Crippen LogP contribution in [0.4, 0.5) is 0 Å². The minimum Gasteiger partial charge on any atom is -0.481 e. The maximum absolute atomic E-state index is 10.9. The summed E-state index contributed by atoms with van der Waals surface area (Å²) in [5.41, 5.74) is 0.227. The van der Waals surface area contributed by atoms with Crippen molar-refractivity contribution in [3.8, 4) is 0 Å². The van der Waals surface area contributed by atoms with Gasteiger partial charge in [-0.2, -0.15) is 0 Å². The van der Waals surface area contributed by atoms with E-state index in [2.05, 4.69) is 26.1 Å². The molecule has 0 amide bonds. The summed E-state index contributed by atoms with van der Waals surface area (Å²) in [6.07, 6.45) is 3.62. The first-order chi connectivity index (χ1) is 7.38. The molecule has 0 radical (unpaired) electrons. The predicted octanol–water partition coefficient (Wildman–Crippen LogP) is 2.51. The zero-order valence-corrected chi connectivity index (χ0v) is 10.8. The first kappa shape index (κ1) is 13.5. The van der Waals surface area contributed by atoms with Crippen LogP contribution in [0.2, 0.25) is 0 Å². The Morgan fingerprint density at radius 1 is 1.38 bits per heavy atom. The third-order valence-electron chi connectivity index (χ3n) is 3.36. The van der Waals surface area contributed by atoms with Gasteiger partial charge in [-0.15, -0.1) is 0 Å². The highest BCUT2D eigenvalue weighted by molar-refractivity contribution is 5.67. The molecule has 1 saturated heterocycles. The Bertz CT molecular complexity index is 227. The Morgan fingerprint density at radius 3 is 2.38 bits per heavy atom. The van der Waals surface area contributed by atoms with Gasteiger partial charge >= 0.3 is 5.97 Å². The van der Waals surface area contributed by atoms with Crippen molar-refractivity contribution < 1.29 is 9.90 Å². The highest BCUT2D eigenvalue weighted by atomic mass is 16.4. The lowest BCUT2D eigenvalue weighted by atomic mass is 9.74. The summed E-state index contributed by atoms with van der Waals surface area (Å²) in [7, 11) is 0. The average Bonchev–Trinajstić information content (AvgIpc) is 2.15. The van der Waals surface area contributed by atoms with Crippen molar-refractivity contribution in [3.63, 3.8) is 0 Å². The fraction of sp³-hybridized carbons (Fsp3) is 0.923. The summed E-state index contributed by atoms with van der Waals surface area (Å²) < 4.78 is 0. The average molecular weight is 227 g/mol. The largest absolute Gasteiger partial charge is 0.481 e. The SMILES string of the molecule is CC(C)(C)C[C@H](CC(=O)O)C1CCNCC1. The monoisotopic (exact) mass is 227 g/mol. The molecule has 0 spiro atoms. The van der Waals surface area contributed by atoms with Gasteiger partial charge in [-0.05, 0) is 49.6 Å². The second kappa shape index (κ2) is 5.67. The molecule has 0 aliphatic carbocycles. The van der Waals surface area contributed by atoms with Gasteiger partial charge in [0.05, 0.1) is 0 Å². The minimum atomic E-state index is -0.646. The molecule has 1 fully saturated rings. The summed E-state index contributed by atoms with van der Waals surface area (Å²) >= 11 is 0. The summed E-state index contributed by atoms with van der Waals surface area (Å²) in [5, 5.41) is 12.3. The summed E-state index contributed by atoms with van der Waals surface area (Å²) in [4.78, 5) is 10.9. The fourth-order valence-corrected chi connectivity index (χ4v) is 2.73. The molecular formula is C13H25NO2. The number of hydrogen-bond donors (Lipinski definition) is 2. The zero-order chi connectivity index (χ0) is 12.2. The third-order valence-corrected chi connectivity index (χ3v) is 3.36. The molecule has 0 aromatic heterocycles. The van der Waals surface area contributed by atoms with E-state index >= 15 is 0 Å². The van der Waals surface area contributed by atoms with E-state index in [0.29, 0.717) is 18.3 Å². The molecule has 1 atom stereocenters. The van der Waals surface area contributed by atoms with Crippen molar-refractivity contribution in [3.05, 3.63) is 0 Å².